The van der Waals surface area contributed by atoms with E-state index in [4.69, 9.17) is 5.73 Å². The lowest BCUT2D eigenvalue weighted by molar-refractivity contribution is 0.644. The minimum Gasteiger partial charge on any atom is -0.327 e. The summed E-state index contributed by atoms with van der Waals surface area (Å²) in [6.45, 7) is 6.55. The Morgan fingerprint density at radius 3 is 2.56 bits per heavy atom. The highest BCUT2D eigenvalue weighted by Crippen LogP contribution is 2.22. The van der Waals surface area contributed by atoms with Crippen molar-refractivity contribution in [3.8, 4) is 0 Å². The number of rotatable bonds is 6. The minimum atomic E-state index is 0.259. The van der Waals surface area contributed by atoms with Crippen LogP contribution in [0, 0.1) is 0 Å². The molecule has 0 amide bonds. The van der Waals surface area contributed by atoms with Gasteiger partial charge < -0.3 is 5.73 Å². The number of nitrogens with zero attached hydrogens (tertiary/aromatic N) is 1. The van der Waals surface area contributed by atoms with E-state index in [2.05, 4.69) is 37.9 Å². The van der Waals surface area contributed by atoms with Crippen LogP contribution in [0.5, 0.6) is 0 Å². The van der Waals surface area contributed by atoms with Crippen molar-refractivity contribution in [1.29, 1.82) is 0 Å². The van der Waals surface area contributed by atoms with Crippen molar-refractivity contribution in [1.82, 2.24) is 4.98 Å². The number of thioether (sulfide) groups is 1. The zero-order valence-electron chi connectivity index (χ0n) is 10.4. The van der Waals surface area contributed by atoms with E-state index in [1.165, 1.54) is 12.0 Å². The van der Waals surface area contributed by atoms with Crippen LogP contribution < -0.4 is 5.73 Å². The first-order valence-electron chi connectivity index (χ1n) is 6.02. The molecule has 0 saturated carbocycles. The van der Waals surface area contributed by atoms with Crippen LogP contribution in [0.4, 0.5) is 0 Å². The van der Waals surface area contributed by atoms with E-state index in [0.717, 1.165) is 17.9 Å². The molecule has 0 aliphatic rings. The highest BCUT2D eigenvalue weighted by Gasteiger charge is 2.04. The highest BCUT2D eigenvalue weighted by atomic mass is 32.2. The first-order chi connectivity index (χ1) is 7.65. The summed E-state index contributed by atoms with van der Waals surface area (Å²) in [6, 6.07) is 4.51. The quantitative estimate of drug-likeness (QED) is 0.773. The third-order valence-electron chi connectivity index (χ3n) is 2.72. The van der Waals surface area contributed by atoms with Crippen LogP contribution in [0.2, 0.25) is 0 Å². The molecule has 0 fully saturated rings. The largest absolute Gasteiger partial charge is 0.327 e. The van der Waals surface area contributed by atoms with Crippen LogP contribution in [-0.4, -0.2) is 16.3 Å². The van der Waals surface area contributed by atoms with E-state index in [-0.39, 0.29) is 6.04 Å². The molecule has 2 nitrogen and oxygen atoms in total. The van der Waals surface area contributed by atoms with Gasteiger partial charge in [-0.1, -0.05) is 26.8 Å². The third-order valence-corrected chi connectivity index (χ3v) is 3.94. The summed E-state index contributed by atoms with van der Waals surface area (Å²) >= 11 is 1.83. The maximum Gasteiger partial charge on any atom is 0.0962 e. The Hall–Kier alpha value is -0.540. The lowest BCUT2D eigenvalue weighted by Crippen LogP contribution is -2.21. The first-order valence-corrected chi connectivity index (χ1v) is 6.90. The molecule has 1 aromatic heterocycles. The summed E-state index contributed by atoms with van der Waals surface area (Å²) < 4.78 is 0. The Balaban J connectivity index is 2.54. The molecular formula is C13H22N2S. The maximum absolute atomic E-state index is 5.91. The molecule has 90 valence electrons. The van der Waals surface area contributed by atoms with Crippen molar-refractivity contribution >= 4 is 11.8 Å². The Kier molecular flexibility index (Phi) is 5.85. The van der Waals surface area contributed by atoms with Crippen LogP contribution in [0.15, 0.2) is 23.4 Å². The van der Waals surface area contributed by atoms with Crippen LogP contribution in [0.1, 0.15) is 39.2 Å². The predicted molar refractivity (Wildman–Crippen MR) is 71.8 cm³/mol. The maximum atomic E-state index is 5.91. The standard InChI is InChI=1S/C13H22N2S/c1-4-10(3)16-13-7-6-11(9-15-13)8-12(14)5-2/h6-7,9-10,12H,4-5,8,14H2,1-3H3. The van der Waals surface area contributed by atoms with Crippen molar-refractivity contribution in [3.05, 3.63) is 23.9 Å². The van der Waals surface area contributed by atoms with Gasteiger partial charge in [0.15, 0.2) is 0 Å². The van der Waals surface area contributed by atoms with Crippen molar-refractivity contribution in [2.24, 2.45) is 5.73 Å². The molecule has 0 bridgehead atoms. The number of pyridine rings is 1. The molecule has 16 heavy (non-hydrogen) atoms. The predicted octanol–water partition coefficient (Wildman–Crippen LogP) is 3.25. The van der Waals surface area contributed by atoms with Gasteiger partial charge in [-0.2, -0.15) is 0 Å². The summed E-state index contributed by atoms with van der Waals surface area (Å²) in [7, 11) is 0. The van der Waals surface area contributed by atoms with E-state index in [1.54, 1.807) is 0 Å². The normalized spacial score (nSPS) is 14.8. The molecule has 0 aromatic carbocycles. The molecule has 0 spiro atoms. The summed E-state index contributed by atoms with van der Waals surface area (Å²) in [5.41, 5.74) is 7.15. The van der Waals surface area contributed by atoms with Crippen molar-refractivity contribution in [2.45, 2.75) is 56.4 Å². The van der Waals surface area contributed by atoms with Gasteiger partial charge in [0, 0.05) is 17.5 Å². The van der Waals surface area contributed by atoms with E-state index < -0.39 is 0 Å². The molecule has 0 aliphatic carbocycles. The monoisotopic (exact) mass is 238 g/mol. The van der Waals surface area contributed by atoms with Gasteiger partial charge in [0.1, 0.15) is 0 Å². The SMILES string of the molecule is CCC(N)Cc1ccc(SC(C)CC)nc1. The molecule has 1 heterocycles. The summed E-state index contributed by atoms with van der Waals surface area (Å²) in [4.78, 5) is 4.46. The average Bonchev–Trinajstić information content (AvgIpc) is 2.31. The van der Waals surface area contributed by atoms with Gasteiger partial charge in [-0.25, -0.2) is 4.98 Å². The lowest BCUT2D eigenvalue weighted by Gasteiger charge is -2.10. The van der Waals surface area contributed by atoms with Crippen molar-refractivity contribution in [3.63, 3.8) is 0 Å². The summed E-state index contributed by atoms with van der Waals surface area (Å²) in [6.07, 6.45) is 5.08. The van der Waals surface area contributed by atoms with Gasteiger partial charge in [-0.3, -0.25) is 0 Å². The first kappa shape index (κ1) is 13.5. The van der Waals surface area contributed by atoms with E-state index in [1.807, 2.05) is 18.0 Å². The average molecular weight is 238 g/mol. The highest BCUT2D eigenvalue weighted by molar-refractivity contribution is 7.99. The smallest absolute Gasteiger partial charge is 0.0962 e. The fourth-order valence-electron chi connectivity index (χ4n) is 1.34. The van der Waals surface area contributed by atoms with E-state index in [9.17, 15) is 0 Å². The third kappa shape index (κ3) is 4.54. The van der Waals surface area contributed by atoms with Gasteiger partial charge in [0.25, 0.3) is 0 Å². The zero-order valence-corrected chi connectivity index (χ0v) is 11.3. The number of nitrogens with two attached hydrogens (primary N) is 1. The molecule has 0 aliphatic heterocycles. The van der Waals surface area contributed by atoms with E-state index >= 15 is 0 Å². The van der Waals surface area contributed by atoms with Gasteiger partial charge in [0.2, 0.25) is 0 Å². The topological polar surface area (TPSA) is 38.9 Å². The molecule has 2 atom stereocenters. The molecule has 1 rings (SSSR count). The molecule has 3 heteroatoms. The van der Waals surface area contributed by atoms with Crippen LogP contribution in [-0.2, 0) is 6.42 Å². The number of aromatic nitrogens is 1. The minimum absolute atomic E-state index is 0.259. The second kappa shape index (κ2) is 6.92. The van der Waals surface area contributed by atoms with Gasteiger partial charge in [0.05, 0.1) is 5.03 Å². The Bertz CT molecular complexity index is 266. The van der Waals surface area contributed by atoms with Crippen molar-refractivity contribution in [2.75, 3.05) is 0 Å². The fraction of sp³-hybridized carbons (Fsp3) is 0.615. The van der Waals surface area contributed by atoms with Gasteiger partial charge >= 0.3 is 0 Å². The molecule has 2 N–H and O–H groups in total. The fourth-order valence-corrected chi connectivity index (χ4v) is 2.18. The van der Waals surface area contributed by atoms with E-state index in [0.29, 0.717) is 5.25 Å². The summed E-state index contributed by atoms with van der Waals surface area (Å²) in [5.74, 6) is 0. The zero-order chi connectivity index (χ0) is 12.0. The molecule has 2 unspecified atom stereocenters. The molecule has 0 radical (unpaired) electrons. The van der Waals surface area contributed by atoms with Gasteiger partial charge in [-0.15, -0.1) is 11.8 Å². The second-order valence-electron chi connectivity index (χ2n) is 4.21. The van der Waals surface area contributed by atoms with Gasteiger partial charge in [-0.05, 0) is 30.9 Å². The molecule has 1 aromatic rings. The van der Waals surface area contributed by atoms with Crippen LogP contribution in [0.25, 0.3) is 0 Å². The van der Waals surface area contributed by atoms with Crippen LogP contribution in [0.3, 0.4) is 0 Å². The summed E-state index contributed by atoms with van der Waals surface area (Å²) in [5, 5.41) is 1.75. The number of hydrogen-bond acceptors (Lipinski definition) is 3. The second-order valence-corrected chi connectivity index (χ2v) is 5.67. The number of hydrogen-bond donors (Lipinski definition) is 1. The molecule has 0 saturated heterocycles. The van der Waals surface area contributed by atoms with Crippen molar-refractivity contribution < 1.29 is 0 Å². The Morgan fingerprint density at radius 2 is 2.06 bits per heavy atom. The molecular weight excluding hydrogens is 216 g/mol. The Morgan fingerprint density at radius 1 is 1.31 bits per heavy atom. The van der Waals surface area contributed by atoms with Crippen LogP contribution >= 0.6 is 11.8 Å². The Labute approximate surface area is 103 Å². The lowest BCUT2D eigenvalue weighted by atomic mass is 10.1.